The molecule has 0 aliphatic rings. The van der Waals surface area contributed by atoms with E-state index < -0.39 is 5.82 Å². The van der Waals surface area contributed by atoms with Crippen LogP contribution >= 0.6 is 11.6 Å². The molecule has 1 nitrogen and oxygen atoms in total. The van der Waals surface area contributed by atoms with Gasteiger partial charge in [0.1, 0.15) is 11.6 Å². The van der Waals surface area contributed by atoms with Crippen LogP contribution in [-0.2, 0) is 6.54 Å². The van der Waals surface area contributed by atoms with Crippen molar-refractivity contribution in [3.8, 4) is 0 Å². The van der Waals surface area contributed by atoms with Gasteiger partial charge in [-0.3, -0.25) is 0 Å². The number of hydrogen-bond acceptors (Lipinski definition) is 1. The first-order valence-electron chi connectivity index (χ1n) is 5.82. The molecular weight excluding hydrogens is 244 g/mol. The van der Waals surface area contributed by atoms with Crippen molar-refractivity contribution in [3.05, 3.63) is 35.4 Å². The zero-order valence-corrected chi connectivity index (χ0v) is 10.8. The van der Waals surface area contributed by atoms with E-state index in [4.69, 9.17) is 11.6 Å². The fourth-order valence-corrected chi connectivity index (χ4v) is 1.88. The monoisotopic (exact) mass is 261 g/mol. The van der Waals surface area contributed by atoms with Gasteiger partial charge in [0.2, 0.25) is 0 Å². The summed E-state index contributed by atoms with van der Waals surface area (Å²) >= 11 is 5.58. The third kappa shape index (κ3) is 5.46. The molecule has 0 heterocycles. The first-order valence-corrected chi connectivity index (χ1v) is 6.35. The molecule has 96 valence electrons. The molecule has 0 spiro atoms. The van der Waals surface area contributed by atoms with Gasteiger partial charge in [0.05, 0.1) is 0 Å². The molecule has 17 heavy (non-hydrogen) atoms. The van der Waals surface area contributed by atoms with Crippen molar-refractivity contribution >= 4 is 11.6 Å². The SMILES string of the molecule is CN(CCCCCCl)Cc1cc(F)ccc1F. The average molecular weight is 262 g/mol. The summed E-state index contributed by atoms with van der Waals surface area (Å²) in [6.07, 6.45) is 3.10. The normalized spacial score (nSPS) is 11.1. The Morgan fingerprint density at radius 1 is 1.18 bits per heavy atom. The van der Waals surface area contributed by atoms with Gasteiger partial charge in [-0.25, -0.2) is 8.78 Å². The van der Waals surface area contributed by atoms with Gasteiger partial charge in [-0.1, -0.05) is 6.42 Å². The summed E-state index contributed by atoms with van der Waals surface area (Å²) in [6.45, 7) is 1.30. The summed E-state index contributed by atoms with van der Waals surface area (Å²) in [5.74, 6) is -0.0571. The zero-order chi connectivity index (χ0) is 12.7. The van der Waals surface area contributed by atoms with Crippen LogP contribution in [0.3, 0.4) is 0 Å². The van der Waals surface area contributed by atoms with Gasteiger partial charge in [-0.05, 0) is 44.6 Å². The Morgan fingerprint density at radius 2 is 1.94 bits per heavy atom. The number of rotatable bonds is 7. The highest BCUT2D eigenvalue weighted by Gasteiger charge is 2.06. The minimum absolute atomic E-state index is 0.348. The summed E-state index contributed by atoms with van der Waals surface area (Å²) in [5, 5.41) is 0. The van der Waals surface area contributed by atoms with Crippen molar-refractivity contribution in [1.82, 2.24) is 4.90 Å². The molecular formula is C13H18ClF2N. The van der Waals surface area contributed by atoms with Crippen LogP contribution in [0, 0.1) is 11.6 Å². The van der Waals surface area contributed by atoms with Gasteiger partial charge in [0.25, 0.3) is 0 Å². The Labute approximate surface area is 106 Å². The third-order valence-corrected chi connectivity index (χ3v) is 2.89. The van der Waals surface area contributed by atoms with E-state index in [1.165, 1.54) is 12.1 Å². The van der Waals surface area contributed by atoms with Crippen molar-refractivity contribution in [3.63, 3.8) is 0 Å². The molecule has 0 unspecified atom stereocenters. The van der Waals surface area contributed by atoms with Crippen LogP contribution in [0.4, 0.5) is 8.78 Å². The quantitative estimate of drug-likeness (QED) is 0.533. The second-order valence-electron chi connectivity index (χ2n) is 4.22. The molecule has 0 aliphatic carbocycles. The Kier molecular flexibility index (Phi) is 6.45. The number of hydrogen-bond donors (Lipinski definition) is 0. The van der Waals surface area contributed by atoms with Crippen LogP contribution in [-0.4, -0.2) is 24.4 Å². The van der Waals surface area contributed by atoms with Gasteiger partial charge in [0.15, 0.2) is 0 Å². The highest BCUT2D eigenvalue weighted by atomic mass is 35.5. The van der Waals surface area contributed by atoms with Gasteiger partial charge in [-0.15, -0.1) is 11.6 Å². The average Bonchev–Trinajstić information content (AvgIpc) is 2.29. The summed E-state index contributed by atoms with van der Waals surface area (Å²) in [4.78, 5) is 1.99. The Balaban J connectivity index is 2.39. The molecule has 0 atom stereocenters. The number of halogens is 3. The second kappa shape index (κ2) is 7.62. The van der Waals surface area contributed by atoms with E-state index in [-0.39, 0.29) is 5.82 Å². The van der Waals surface area contributed by atoms with Gasteiger partial charge in [-0.2, -0.15) is 0 Å². The van der Waals surface area contributed by atoms with Gasteiger partial charge >= 0.3 is 0 Å². The molecule has 1 aromatic rings. The van der Waals surface area contributed by atoms with Crippen LogP contribution < -0.4 is 0 Å². The van der Waals surface area contributed by atoms with Crippen LogP contribution in [0.5, 0.6) is 0 Å². The van der Waals surface area contributed by atoms with Crippen LogP contribution in [0.2, 0.25) is 0 Å². The van der Waals surface area contributed by atoms with Crippen molar-refractivity contribution in [2.45, 2.75) is 25.8 Å². The van der Waals surface area contributed by atoms with Crippen molar-refractivity contribution in [1.29, 1.82) is 0 Å². The predicted octanol–water partition coefficient (Wildman–Crippen LogP) is 3.81. The first kappa shape index (κ1) is 14.4. The van der Waals surface area contributed by atoms with Crippen molar-refractivity contribution < 1.29 is 8.78 Å². The van der Waals surface area contributed by atoms with Crippen LogP contribution in [0.15, 0.2) is 18.2 Å². The minimum atomic E-state index is -0.392. The molecule has 1 aromatic carbocycles. The fourth-order valence-electron chi connectivity index (χ4n) is 1.69. The summed E-state index contributed by atoms with van der Waals surface area (Å²) in [6, 6.07) is 3.57. The van der Waals surface area contributed by atoms with E-state index in [2.05, 4.69) is 0 Å². The van der Waals surface area contributed by atoms with Crippen LogP contribution in [0.25, 0.3) is 0 Å². The maximum atomic E-state index is 13.4. The van der Waals surface area contributed by atoms with E-state index in [9.17, 15) is 8.78 Å². The number of benzene rings is 1. The standard InChI is InChI=1S/C13H18ClF2N/c1-17(8-4-2-3-7-14)10-11-9-12(15)5-6-13(11)16/h5-6,9H,2-4,7-8,10H2,1H3. The van der Waals surface area contributed by atoms with Crippen molar-refractivity contribution in [2.24, 2.45) is 0 Å². The van der Waals surface area contributed by atoms with Gasteiger partial charge < -0.3 is 4.90 Å². The van der Waals surface area contributed by atoms with E-state index in [0.29, 0.717) is 18.0 Å². The first-order chi connectivity index (χ1) is 8.13. The smallest absolute Gasteiger partial charge is 0.127 e. The molecule has 0 radical (unpaired) electrons. The molecule has 0 saturated heterocycles. The molecule has 0 N–H and O–H groups in total. The molecule has 1 rings (SSSR count). The number of unbranched alkanes of at least 4 members (excludes halogenated alkanes) is 2. The molecule has 4 heteroatoms. The van der Waals surface area contributed by atoms with E-state index in [1.54, 1.807) is 0 Å². The maximum absolute atomic E-state index is 13.4. The van der Waals surface area contributed by atoms with Crippen molar-refractivity contribution in [2.75, 3.05) is 19.5 Å². The predicted molar refractivity (Wildman–Crippen MR) is 67.3 cm³/mol. The topological polar surface area (TPSA) is 3.24 Å². The van der Waals surface area contributed by atoms with E-state index in [0.717, 1.165) is 31.9 Å². The number of nitrogens with zero attached hydrogens (tertiary/aromatic N) is 1. The van der Waals surface area contributed by atoms with Crippen LogP contribution in [0.1, 0.15) is 24.8 Å². The molecule has 0 amide bonds. The number of alkyl halides is 1. The molecule has 0 aliphatic heterocycles. The Morgan fingerprint density at radius 3 is 2.65 bits per heavy atom. The summed E-state index contributed by atoms with van der Waals surface area (Å²) in [5.41, 5.74) is 0.407. The zero-order valence-electron chi connectivity index (χ0n) is 10.1. The Bertz CT molecular complexity index is 344. The summed E-state index contributed by atoms with van der Waals surface area (Å²) in [7, 11) is 1.91. The van der Waals surface area contributed by atoms with E-state index in [1.807, 2.05) is 11.9 Å². The third-order valence-electron chi connectivity index (χ3n) is 2.62. The lowest BCUT2D eigenvalue weighted by Gasteiger charge is -2.16. The molecule has 0 aromatic heterocycles. The lowest BCUT2D eigenvalue weighted by molar-refractivity contribution is 0.312. The van der Waals surface area contributed by atoms with E-state index >= 15 is 0 Å². The highest BCUT2D eigenvalue weighted by molar-refractivity contribution is 6.17. The second-order valence-corrected chi connectivity index (χ2v) is 4.60. The Hall–Kier alpha value is -0.670. The lowest BCUT2D eigenvalue weighted by Crippen LogP contribution is -2.20. The minimum Gasteiger partial charge on any atom is -0.302 e. The van der Waals surface area contributed by atoms with Gasteiger partial charge in [0, 0.05) is 18.0 Å². The largest absolute Gasteiger partial charge is 0.302 e. The molecule has 0 saturated carbocycles. The maximum Gasteiger partial charge on any atom is 0.127 e. The molecule has 0 bridgehead atoms. The fraction of sp³-hybridized carbons (Fsp3) is 0.538. The lowest BCUT2D eigenvalue weighted by atomic mass is 10.2. The molecule has 0 fully saturated rings. The highest BCUT2D eigenvalue weighted by Crippen LogP contribution is 2.12. The summed E-state index contributed by atoms with van der Waals surface area (Å²) < 4.78 is 26.3.